The van der Waals surface area contributed by atoms with Crippen LogP contribution in [0.25, 0.3) is 0 Å². The van der Waals surface area contributed by atoms with Crippen LogP contribution in [0, 0.1) is 0 Å². The van der Waals surface area contributed by atoms with E-state index in [2.05, 4.69) is 20.9 Å². The zero-order valence-electron chi connectivity index (χ0n) is 17.6. The molecule has 0 bridgehead atoms. The minimum Gasteiger partial charge on any atom is -0.493 e. The van der Waals surface area contributed by atoms with Gasteiger partial charge in [-0.25, -0.2) is 0 Å². The average Bonchev–Trinajstić information content (AvgIpc) is 2.76. The first kappa shape index (κ1) is 23.3. The van der Waals surface area contributed by atoms with Crippen molar-refractivity contribution in [2.24, 2.45) is 4.99 Å². The van der Waals surface area contributed by atoms with Crippen molar-refractivity contribution in [3.8, 4) is 11.5 Å². The molecule has 162 valence electrons. The van der Waals surface area contributed by atoms with E-state index < -0.39 is 0 Å². The van der Waals surface area contributed by atoms with Gasteiger partial charge in [0.2, 0.25) is 0 Å². The fourth-order valence-corrected chi connectivity index (χ4v) is 2.86. The first-order chi connectivity index (χ1) is 14.6. The summed E-state index contributed by atoms with van der Waals surface area (Å²) in [5.74, 6) is 1.99. The molecule has 0 spiro atoms. The maximum Gasteiger partial charge on any atom is 0.251 e. The van der Waals surface area contributed by atoms with E-state index in [4.69, 9.17) is 21.1 Å². The number of carbonyl (C=O) groups is 1. The van der Waals surface area contributed by atoms with Crippen LogP contribution in [0.4, 0.5) is 0 Å². The second kappa shape index (κ2) is 12.6. The normalized spacial score (nSPS) is 11.0. The summed E-state index contributed by atoms with van der Waals surface area (Å²) in [6, 6.07) is 12.6. The molecule has 3 N–H and O–H groups in total. The van der Waals surface area contributed by atoms with Crippen molar-refractivity contribution in [1.82, 2.24) is 16.0 Å². The highest BCUT2D eigenvalue weighted by atomic mass is 35.5. The molecule has 0 radical (unpaired) electrons. The van der Waals surface area contributed by atoms with Gasteiger partial charge >= 0.3 is 0 Å². The van der Waals surface area contributed by atoms with Gasteiger partial charge < -0.3 is 25.4 Å². The largest absolute Gasteiger partial charge is 0.493 e. The Bertz CT molecular complexity index is 841. The van der Waals surface area contributed by atoms with Crippen molar-refractivity contribution < 1.29 is 14.3 Å². The molecule has 0 aliphatic carbocycles. The Balaban J connectivity index is 1.80. The molecule has 0 aliphatic rings. The highest BCUT2D eigenvalue weighted by Gasteiger charge is 2.06. The fraction of sp³-hybridized carbons (Fsp3) is 0.364. The summed E-state index contributed by atoms with van der Waals surface area (Å²) in [6.45, 7) is 4.40. The monoisotopic (exact) mass is 432 g/mol. The van der Waals surface area contributed by atoms with E-state index in [9.17, 15) is 4.79 Å². The molecule has 0 saturated carbocycles. The van der Waals surface area contributed by atoms with Gasteiger partial charge in [-0.3, -0.25) is 9.79 Å². The van der Waals surface area contributed by atoms with E-state index >= 15 is 0 Å². The summed E-state index contributed by atoms with van der Waals surface area (Å²) in [5, 5.41) is 9.90. The molecule has 2 aromatic rings. The second-order valence-corrected chi connectivity index (χ2v) is 6.83. The average molecular weight is 433 g/mol. The molecule has 2 aromatic carbocycles. The highest BCUT2D eigenvalue weighted by Crippen LogP contribution is 2.27. The van der Waals surface area contributed by atoms with Crippen molar-refractivity contribution in [3.05, 3.63) is 58.6 Å². The number of ether oxygens (including phenoxy) is 2. The summed E-state index contributed by atoms with van der Waals surface area (Å²) >= 11 is 5.84. The lowest BCUT2D eigenvalue weighted by Crippen LogP contribution is -2.41. The Morgan fingerprint density at radius 3 is 2.33 bits per heavy atom. The van der Waals surface area contributed by atoms with Crippen LogP contribution in [0.2, 0.25) is 5.02 Å². The Morgan fingerprint density at radius 1 is 0.967 bits per heavy atom. The summed E-state index contributed by atoms with van der Waals surface area (Å²) in [4.78, 5) is 16.7. The minimum absolute atomic E-state index is 0.135. The van der Waals surface area contributed by atoms with Crippen LogP contribution < -0.4 is 25.4 Å². The molecule has 0 atom stereocenters. The van der Waals surface area contributed by atoms with Crippen LogP contribution in [0.15, 0.2) is 47.5 Å². The van der Waals surface area contributed by atoms with Gasteiger partial charge in [0.25, 0.3) is 5.91 Å². The molecular weight excluding hydrogens is 404 g/mol. The van der Waals surface area contributed by atoms with E-state index in [0.717, 1.165) is 18.5 Å². The van der Waals surface area contributed by atoms with Gasteiger partial charge in [-0.05, 0) is 55.3 Å². The molecule has 0 saturated heterocycles. The number of nitrogens with zero attached hydrogens (tertiary/aromatic N) is 1. The predicted molar refractivity (Wildman–Crippen MR) is 121 cm³/mol. The van der Waals surface area contributed by atoms with E-state index in [0.29, 0.717) is 47.7 Å². The number of hydrogen-bond acceptors (Lipinski definition) is 4. The molecule has 8 heteroatoms. The van der Waals surface area contributed by atoms with Gasteiger partial charge in [0, 0.05) is 36.8 Å². The number of hydrogen-bond donors (Lipinski definition) is 3. The van der Waals surface area contributed by atoms with Crippen molar-refractivity contribution in [1.29, 1.82) is 0 Å². The van der Waals surface area contributed by atoms with Gasteiger partial charge in [0.05, 0.1) is 14.2 Å². The standard InChI is InChI=1S/C22H29ClN4O3/c1-4-24-22(26-12-11-16-5-10-19(29-2)20(15-16)30-3)27-14-13-25-21(28)17-6-8-18(23)9-7-17/h5-10,15H,4,11-14H2,1-3H3,(H,25,28)(H2,24,26,27). The molecule has 0 aromatic heterocycles. The lowest BCUT2D eigenvalue weighted by Gasteiger charge is -2.12. The van der Waals surface area contributed by atoms with Gasteiger partial charge in [-0.15, -0.1) is 0 Å². The molecule has 1 amide bonds. The van der Waals surface area contributed by atoms with Gasteiger partial charge in [-0.2, -0.15) is 0 Å². The van der Waals surface area contributed by atoms with Crippen LogP contribution >= 0.6 is 11.6 Å². The third-order valence-corrected chi connectivity index (χ3v) is 4.52. The molecule has 7 nitrogen and oxygen atoms in total. The Labute approximate surface area is 182 Å². The summed E-state index contributed by atoms with van der Waals surface area (Å²) in [7, 11) is 3.24. The third-order valence-electron chi connectivity index (χ3n) is 4.27. The van der Waals surface area contributed by atoms with Crippen LogP contribution in [-0.4, -0.2) is 52.3 Å². The molecular formula is C22H29ClN4O3. The number of methoxy groups -OCH3 is 2. The van der Waals surface area contributed by atoms with Gasteiger partial charge in [-0.1, -0.05) is 17.7 Å². The van der Waals surface area contributed by atoms with Crippen molar-refractivity contribution in [2.45, 2.75) is 13.3 Å². The lowest BCUT2D eigenvalue weighted by atomic mass is 10.1. The zero-order valence-corrected chi connectivity index (χ0v) is 18.4. The summed E-state index contributed by atoms with van der Waals surface area (Å²) < 4.78 is 10.6. The number of carbonyl (C=O) groups excluding carboxylic acids is 1. The molecule has 0 fully saturated rings. The maximum absolute atomic E-state index is 12.1. The van der Waals surface area contributed by atoms with E-state index in [1.54, 1.807) is 38.5 Å². The minimum atomic E-state index is -0.135. The van der Waals surface area contributed by atoms with Gasteiger partial charge in [0.15, 0.2) is 17.5 Å². The first-order valence-electron chi connectivity index (χ1n) is 9.84. The number of amides is 1. The quantitative estimate of drug-likeness (QED) is 0.305. The SMILES string of the molecule is CCNC(=NCCc1ccc(OC)c(OC)c1)NCCNC(=O)c1ccc(Cl)cc1. The Kier molecular flexibility index (Phi) is 9.80. The van der Waals surface area contributed by atoms with Crippen LogP contribution in [-0.2, 0) is 6.42 Å². The van der Waals surface area contributed by atoms with Gasteiger partial charge in [0.1, 0.15) is 0 Å². The lowest BCUT2D eigenvalue weighted by molar-refractivity contribution is 0.0954. The summed E-state index contributed by atoms with van der Waals surface area (Å²) in [6.07, 6.45) is 0.768. The topological polar surface area (TPSA) is 84.0 Å². The van der Waals surface area contributed by atoms with Crippen molar-refractivity contribution in [3.63, 3.8) is 0 Å². The number of guanidine groups is 1. The molecule has 30 heavy (non-hydrogen) atoms. The van der Waals surface area contributed by atoms with E-state index in [1.165, 1.54) is 0 Å². The maximum atomic E-state index is 12.1. The van der Waals surface area contributed by atoms with E-state index in [1.807, 2.05) is 25.1 Å². The number of aliphatic imine (C=N–C) groups is 1. The Morgan fingerprint density at radius 2 is 1.67 bits per heavy atom. The van der Waals surface area contributed by atoms with Crippen molar-refractivity contribution in [2.75, 3.05) is 40.4 Å². The number of rotatable bonds is 10. The van der Waals surface area contributed by atoms with Crippen LogP contribution in [0.3, 0.4) is 0 Å². The van der Waals surface area contributed by atoms with Crippen molar-refractivity contribution >= 4 is 23.5 Å². The first-order valence-corrected chi connectivity index (χ1v) is 10.2. The Hall–Kier alpha value is -2.93. The molecule has 0 aliphatic heterocycles. The number of halogens is 1. The van der Waals surface area contributed by atoms with Crippen LogP contribution in [0.1, 0.15) is 22.8 Å². The smallest absolute Gasteiger partial charge is 0.251 e. The predicted octanol–water partition coefficient (Wildman–Crippen LogP) is 2.88. The second-order valence-electron chi connectivity index (χ2n) is 6.39. The zero-order chi connectivity index (χ0) is 21.8. The fourth-order valence-electron chi connectivity index (χ4n) is 2.73. The third kappa shape index (κ3) is 7.48. The highest BCUT2D eigenvalue weighted by molar-refractivity contribution is 6.30. The number of benzene rings is 2. The summed E-state index contributed by atoms with van der Waals surface area (Å²) in [5.41, 5.74) is 1.69. The molecule has 0 unspecified atom stereocenters. The molecule has 2 rings (SSSR count). The molecule has 0 heterocycles. The van der Waals surface area contributed by atoms with Crippen LogP contribution in [0.5, 0.6) is 11.5 Å². The number of nitrogens with one attached hydrogen (secondary N) is 3. The van der Waals surface area contributed by atoms with E-state index in [-0.39, 0.29) is 5.91 Å².